The lowest BCUT2D eigenvalue weighted by Gasteiger charge is -2.32. The van der Waals surface area contributed by atoms with E-state index in [2.05, 4.69) is 55.1 Å². The fourth-order valence-electron chi connectivity index (χ4n) is 3.59. The first-order chi connectivity index (χ1) is 12.4. The van der Waals surface area contributed by atoms with Crippen LogP contribution in [0.15, 0.2) is 54.7 Å². The molecule has 0 unspecified atom stereocenters. The number of benzene rings is 1. The fourth-order valence-corrected chi connectivity index (χ4v) is 3.59. The van der Waals surface area contributed by atoms with Gasteiger partial charge < -0.3 is 5.32 Å². The Hall–Kier alpha value is -2.24. The number of nitrogens with zero attached hydrogens (tertiary/aromatic N) is 4. The summed E-state index contributed by atoms with van der Waals surface area (Å²) in [6.45, 7) is 4.36. The molecule has 0 aliphatic carbocycles. The molecule has 25 heavy (non-hydrogen) atoms. The molecule has 1 fully saturated rings. The maximum Gasteiger partial charge on any atom is 0.160 e. The van der Waals surface area contributed by atoms with E-state index in [1.807, 2.05) is 24.4 Å². The van der Waals surface area contributed by atoms with Crippen molar-refractivity contribution in [2.24, 2.45) is 0 Å². The van der Waals surface area contributed by atoms with E-state index < -0.39 is 0 Å². The van der Waals surface area contributed by atoms with Crippen LogP contribution in [0.1, 0.15) is 24.2 Å². The molecule has 0 radical (unpaired) electrons. The van der Waals surface area contributed by atoms with E-state index in [-0.39, 0.29) is 0 Å². The molecule has 130 valence electrons. The first-order valence-electron chi connectivity index (χ1n) is 9.17. The van der Waals surface area contributed by atoms with Crippen LogP contribution in [0.3, 0.4) is 0 Å². The van der Waals surface area contributed by atoms with Gasteiger partial charge in [0.1, 0.15) is 5.82 Å². The summed E-state index contributed by atoms with van der Waals surface area (Å²) in [6, 6.07) is 17.4. The second-order valence-corrected chi connectivity index (χ2v) is 6.79. The number of hydrogen-bond acceptors (Lipinski definition) is 4. The van der Waals surface area contributed by atoms with E-state index in [9.17, 15) is 0 Å². The van der Waals surface area contributed by atoms with Gasteiger partial charge in [0, 0.05) is 31.7 Å². The van der Waals surface area contributed by atoms with Crippen molar-refractivity contribution in [3.05, 3.63) is 66.1 Å². The van der Waals surface area contributed by atoms with E-state index in [1.54, 1.807) is 0 Å². The number of fused-ring (bicyclic) bond motifs is 1. The molecule has 1 N–H and O–H groups in total. The van der Waals surface area contributed by atoms with Crippen molar-refractivity contribution in [1.82, 2.24) is 24.8 Å². The second-order valence-electron chi connectivity index (χ2n) is 6.79. The first-order valence-corrected chi connectivity index (χ1v) is 9.17. The molecule has 0 saturated carbocycles. The number of nitrogens with one attached hydrogen (secondary N) is 1. The third-order valence-corrected chi connectivity index (χ3v) is 5.00. The molecule has 0 bridgehead atoms. The van der Waals surface area contributed by atoms with Gasteiger partial charge in [0.25, 0.3) is 0 Å². The number of aromatic nitrogens is 3. The third-order valence-electron chi connectivity index (χ3n) is 5.00. The van der Waals surface area contributed by atoms with Crippen molar-refractivity contribution in [1.29, 1.82) is 0 Å². The standard InChI is InChI=1S/C20H25N5/c1-2-6-17(7-3-1)16-24-14-10-18(11-15-24)21-12-9-20-23-22-19-8-4-5-13-25(19)20/h1-8,13,18,21H,9-12,14-16H2. The van der Waals surface area contributed by atoms with Gasteiger partial charge in [-0.05, 0) is 43.6 Å². The summed E-state index contributed by atoms with van der Waals surface area (Å²) >= 11 is 0. The summed E-state index contributed by atoms with van der Waals surface area (Å²) in [5, 5.41) is 12.2. The van der Waals surface area contributed by atoms with E-state index in [4.69, 9.17) is 0 Å². The minimum atomic E-state index is 0.617. The average molecular weight is 335 g/mol. The molecule has 0 spiro atoms. The molecule has 1 aliphatic rings. The number of likely N-dealkylation sites (tertiary alicyclic amines) is 1. The van der Waals surface area contributed by atoms with Gasteiger partial charge in [-0.2, -0.15) is 0 Å². The van der Waals surface area contributed by atoms with Crippen LogP contribution in [0.5, 0.6) is 0 Å². The quantitative estimate of drug-likeness (QED) is 0.752. The van der Waals surface area contributed by atoms with Gasteiger partial charge in [0.15, 0.2) is 5.65 Å². The van der Waals surface area contributed by atoms with Crippen molar-refractivity contribution in [3.8, 4) is 0 Å². The van der Waals surface area contributed by atoms with Crippen LogP contribution in [0, 0.1) is 0 Å². The molecule has 1 saturated heterocycles. The molecule has 2 aromatic heterocycles. The third kappa shape index (κ3) is 4.06. The van der Waals surface area contributed by atoms with Crippen molar-refractivity contribution in [2.45, 2.75) is 31.8 Å². The number of rotatable bonds is 6. The van der Waals surface area contributed by atoms with Crippen molar-refractivity contribution in [3.63, 3.8) is 0 Å². The Balaban J connectivity index is 1.21. The molecule has 4 rings (SSSR count). The monoisotopic (exact) mass is 335 g/mol. The molecule has 0 amide bonds. The van der Waals surface area contributed by atoms with Crippen LogP contribution < -0.4 is 5.32 Å². The van der Waals surface area contributed by atoms with Crippen LogP contribution in [0.25, 0.3) is 5.65 Å². The van der Waals surface area contributed by atoms with E-state index >= 15 is 0 Å². The predicted octanol–water partition coefficient (Wildman–Crippen LogP) is 2.53. The van der Waals surface area contributed by atoms with Gasteiger partial charge in [0.2, 0.25) is 0 Å². The zero-order valence-corrected chi connectivity index (χ0v) is 14.5. The second kappa shape index (κ2) is 7.76. The Kier molecular flexibility index (Phi) is 5.04. The molecule has 1 aromatic carbocycles. The van der Waals surface area contributed by atoms with Crippen LogP contribution >= 0.6 is 0 Å². The van der Waals surface area contributed by atoms with Gasteiger partial charge in [-0.1, -0.05) is 36.4 Å². The lowest BCUT2D eigenvalue weighted by Crippen LogP contribution is -2.42. The lowest BCUT2D eigenvalue weighted by molar-refractivity contribution is 0.191. The predicted molar refractivity (Wildman–Crippen MR) is 99.4 cm³/mol. The Morgan fingerprint density at radius 2 is 1.76 bits per heavy atom. The maximum atomic E-state index is 4.30. The highest BCUT2D eigenvalue weighted by Gasteiger charge is 2.18. The van der Waals surface area contributed by atoms with Gasteiger partial charge in [-0.3, -0.25) is 9.30 Å². The summed E-state index contributed by atoms with van der Waals surface area (Å²) in [5.74, 6) is 1.03. The Morgan fingerprint density at radius 3 is 2.60 bits per heavy atom. The molecule has 5 nitrogen and oxygen atoms in total. The minimum absolute atomic E-state index is 0.617. The summed E-state index contributed by atoms with van der Waals surface area (Å²) < 4.78 is 2.07. The number of pyridine rings is 1. The zero-order chi connectivity index (χ0) is 16.9. The smallest absolute Gasteiger partial charge is 0.160 e. The number of piperidine rings is 1. The molecule has 1 aliphatic heterocycles. The van der Waals surface area contributed by atoms with Crippen LogP contribution in [0.2, 0.25) is 0 Å². The zero-order valence-electron chi connectivity index (χ0n) is 14.5. The van der Waals surface area contributed by atoms with E-state index in [0.29, 0.717) is 6.04 Å². The molecular formula is C20H25N5. The lowest BCUT2D eigenvalue weighted by atomic mass is 10.0. The summed E-state index contributed by atoms with van der Waals surface area (Å²) in [4.78, 5) is 2.56. The van der Waals surface area contributed by atoms with Crippen LogP contribution in [-0.4, -0.2) is 45.2 Å². The normalized spacial score (nSPS) is 16.5. The summed E-state index contributed by atoms with van der Waals surface area (Å²) in [7, 11) is 0. The Labute approximate surface area is 148 Å². The van der Waals surface area contributed by atoms with Crippen molar-refractivity contribution >= 4 is 5.65 Å². The van der Waals surface area contributed by atoms with Gasteiger partial charge in [-0.25, -0.2) is 0 Å². The van der Waals surface area contributed by atoms with Crippen molar-refractivity contribution < 1.29 is 0 Å². The molecule has 3 heterocycles. The van der Waals surface area contributed by atoms with Crippen molar-refractivity contribution in [2.75, 3.05) is 19.6 Å². The Bertz CT molecular complexity index is 790. The Morgan fingerprint density at radius 1 is 0.960 bits per heavy atom. The largest absolute Gasteiger partial charge is 0.313 e. The highest BCUT2D eigenvalue weighted by atomic mass is 15.2. The molecule has 5 heteroatoms. The molecule has 3 aromatic rings. The van der Waals surface area contributed by atoms with E-state index in [1.165, 1.54) is 31.5 Å². The topological polar surface area (TPSA) is 45.5 Å². The molecule has 0 atom stereocenters. The van der Waals surface area contributed by atoms with Gasteiger partial charge in [0.05, 0.1) is 0 Å². The highest BCUT2D eigenvalue weighted by molar-refractivity contribution is 5.37. The van der Waals surface area contributed by atoms with E-state index in [0.717, 1.165) is 31.0 Å². The highest BCUT2D eigenvalue weighted by Crippen LogP contribution is 2.14. The first kappa shape index (κ1) is 16.2. The van der Waals surface area contributed by atoms with Gasteiger partial charge in [-0.15, -0.1) is 10.2 Å². The SMILES string of the molecule is c1ccc(CN2CCC(NCCc3nnc4ccccn34)CC2)cc1. The molecular weight excluding hydrogens is 310 g/mol. The van der Waals surface area contributed by atoms with Crippen LogP contribution in [0.4, 0.5) is 0 Å². The van der Waals surface area contributed by atoms with Gasteiger partial charge >= 0.3 is 0 Å². The average Bonchev–Trinajstić information content (AvgIpc) is 3.07. The number of hydrogen-bond donors (Lipinski definition) is 1. The minimum Gasteiger partial charge on any atom is -0.313 e. The van der Waals surface area contributed by atoms with Crippen LogP contribution in [-0.2, 0) is 13.0 Å². The summed E-state index contributed by atoms with van der Waals surface area (Å²) in [5.41, 5.74) is 2.33. The summed E-state index contributed by atoms with van der Waals surface area (Å²) in [6.07, 6.45) is 5.38. The maximum absolute atomic E-state index is 4.30. The fraction of sp³-hybridized carbons (Fsp3) is 0.400.